The summed E-state index contributed by atoms with van der Waals surface area (Å²) in [4.78, 5) is 15.1. The van der Waals surface area contributed by atoms with E-state index in [4.69, 9.17) is 4.52 Å². The fraction of sp³-hybridized carbons (Fsp3) is 0.583. The molecule has 0 radical (unpaired) electrons. The molecule has 5 nitrogen and oxygen atoms in total. The minimum absolute atomic E-state index is 0.110. The number of benzene rings is 1. The Balaban J connectivity index is 1.33. The maximum atomic E-state index is 12.5. The molecule has 1 saturated carbocycles. The number of rotatable bonds is 6. The highest BCUT2D eigenvalue weighted by molar-refractivity contribution is 5.91. The van der Waals surface area contributed by atoms with Crippen molar-refractivity contribution in [3.8, 4) is 0 Å². The minimum Gasteiger partial charge on any atom is -0.351 e. The summed E-state index contributed by atoms with van der Waals surface area (Å²) >= 11 is 0. The van der Waals surface area contributed by atoms with Crippen molar-refractivity contribution in [1.29, 1.82) is 0 Å². The first-order chi connectivity index (χ1) is 14.2. The lowest BCUT2D eigenvalue weighted by Gasteiger charge is -2.33. The van der Waals surface area contributed by atoms with E-state index in [1.807, 2.05) is 6.07 Å². The highest BCUT2D eigenvalue weighted by atomic mass is 16.5. The number of nitrogens with zero attached hydrogens (tertiary/aromatic N) is 2. The van der Waals surface area contributed by atoms with Crippen LogP contribution in [0.15, 0.2) is 40.9 Å². The summed E-state index contributed by atoms with van der Waals surface area (Å²) in [6.07, 6.45) is 8.08. The smallest absolute Gasteiger partial charge is 0.290 e. The van der Waals surface area contributed by atoms with E-state index in [0.29, 0.717) is 17.6 Å². The third-order valence-corrected chi connectivity index (χ3v) is 6.52. The summed E-state index contributed by atoms with van der Waals surface area (Å²) in [5.74, 6) is 1.09. The van der Waals surface area contributed by atoms with Gasteiger partial charge in [0.2, 0.25) is 5.76 Å². The van der Waals surface area contributed by atoms with Gasteiger partial charge >= 0.3 is 0 Å². The molecule has 2 atom stereocenters. The van der Waals surface area contributed by atoms with Crippen LogP contribution in [0.2, 0.25) is 0 Å². The fourth-order valence-electron chi connectivity index (χ4n) is 4.83. The number of aromatic nitrogens is 1. The summed E-state index contributed by atoms with van der Waals surface area (Å²) in [6.45, 7) is 5.45. The Morgan fingerprint density at radius 2 is 1.97 bits per heavy atom. The number of piperidine rings is 1. The molecule has 1 N–H and O–H groups in total. The van der Waals surface area contributed by atoms with Crippen LogP contribution in [-0.2, 0) is 0 Å². The Bertz CT molecular complexity index is 782. The number of likely N-dealkylation sites (tertiary alicyclic amines) is 1. The quantitative estimate of drug-likeness (QED) is 0.769. The first kappa shape index (κ1) is 20.1. The minimum atomic E-state index is -0.110. The van der Waals surface area contributed by atoms with Crippen LogP contribution in [0.25, 0.3) is 0 Å². The van der Waals surface area contributed by atoms with Crippen molar-refractivity contribution in [1.82, 2.24) is 15.4 Å². The van der Waals surface area contributed by atoms with Crippen molar-refractivity contribution in [3.63, 3.8) is 0 Å². The van der Waals surface area contributed by atoms with Gasteiger partial charge in [0.25, 0.3) is 5.91 Å². The van der Waals surface area contributed by atoms with Crippen molar-refractivity contribution in [2.75, 3.05) is 19.6 Å². The van der Waals surface area contributed by atoms with Gasteiger partial charge in [-0.3, -0.25) is 4.79 Å². The van der Waals surface area contributed by atoms with E-state index >= 15 is 0 Å². The Morgan fingerprint density at radius 3 is 2.76 bits per heavy atom. The second-order valence-electron chi connectivity index (χ2n) is 8.83. The van der Waals surface area contributed by atoms with Gasteiger partial charge in [-0.2, -0.15) is 0 Å². The molecule has 1 saturated heterocycles. The number of carbonyl (C=O) groups excluding carboxylic acids is 1. The molecule has 1 aromatic carbocycles. The molecule has 2 heterocycles. The second-order valence-corrected chi connectivity index (χ2v) is 8.83. The number of nitrogens with one attached hydrogen (secondary N) is 1. The van der Waals surface area contributed by atoms with E-state index in [-0.39, 0.29) is 11.9 Å². The number of hydrogen-bond acceptors (Lipinski definition) is 4. The Morgan fingerprint density at radius 1 is 1.17 bits per heavy atom. The molecule has 2 fully saturated rings. The van der Waals surface area contributed by atoms with Crippen molar-refractivity contribution >= 4 is 5.91 Å². The molecule has 2 aromatic rings. The molecule has 29 heavy (non-hydrogen) atoms. The lowest BCUT2D eigenvalue weighted by atomic mass is 9.92. The van der Waals surface area contributed by atoms with Gasteiger partial charge in [-0.15, -0.1) is 0 Å². The van der Waals surface area contributed by atoms with Crippen molar-refractivity contribution in [3.05, 3.63) is 53.4 Å². The van der Waals surface area contributed by atoms with Gasteiger partial charge in [0.05, 0.1) is 5.69 Å². The highest BCUT2D eigenvalue weighted by Gasteiger charge is 2.27. The second kappa shape index (κ2) is 9.57. The molecule has 1 aliphatic heterocycles. The average molecular weight is 396 g/mol. The lowest BCUT2D eigenvalue weighted by Crippen LogP contribution is -2.37. The van der Waals surface area contributed by atoms with E-state index in [1.165, 1.54) is 24.8 Å². The van der Waals surface area contributed by atoms with Crippen LogP contribution in [0.5, 0.6) is 0 Å². The van der Waals surface area contributed by atoms with Crippen LogP contribution in [-0.4, -0.2) is 41.6 Å². The Hall–Kier alpha value is -2.14. The topological polar surface area (TPSA) is 58.4 Å². The first-order valence-electron chi connectivity index (χ1n) is 11.2. The average Bonchev–Trinajstić information content (AvgIpc) is 3.26. The van der Waals surface area contributed by atoms with Crippen LogP contribution in [0.4, 0.5) is 0 Å². The molecule has 1 amide bonds. The van der Waals surface area contributed by atoms with E-state index < -0.39 is 0 Å². The number of hydrogen-bond donors (Lipinski definition) is 1. The van der Waals surface area contributed by atoms with Crippen molar-refractivity contribution in [2.24, 2.45) is 0 Å². The summed E-state index contributed by atoms with van der Waals surface area (Å²) < 4.78 is 5.43. The van der Waals surface area contributed by atoms with Crippen molar-refractivity contribution < 1.29 is 9.32 Å². The van der Waals surface area contributed by atoms with Gasteiger partial charge in [-0.1, -0.05) is 61.7 Å². The van der Waals surface area contributed by atoms with Crippen LogP contribution >= 0.6 is 0 Å². The van der Waals surface area contributed by atoms with E-state index in [1.54, 1.807) is 0 Å². The predicted molar refractivity (Wildman–Crippen MR) is 114 cm³/mol. The van der Waals surface area contributed by atoms with Gasteiger partial charge in [0.15, 0.2) is 0 Å². The molecular formula is C24H33N3O2. The van der Waals surface area contributed by atoms with Crippen LogP contribution in [0.3, 0.4) is 0 Å². The van der Waals surface area contributed by atoms with Crippen LogP contribution in [0.1, 0.15) is 85.5 Å². The third kappa shape index (κ3) is 5.27. The maximum absolute atomic E-state index is 12.5. The number of amides is 1. The summed E-state index contributed by atoms with van der Waals surface area (Å²) in [6, 6.07) is 12.9. The predicted octanol–water partition coefficient (Wildman–Crippen LogP) is 4.72. The van der Waals surface area contributed by atoms with E-state index in [0.717, 1.165) is 51.0 Å². The SMILES string of the molecule is C[C@@H](CN1CCC[C@H](c2cc(C(=O)NC3CCCCC3)on2)C1)c1ccccc1. The molecule has 0 spiro atoms. The molecule has 5 heteroatoms. The largest absolute Gasteiger partial charge is 0.351 e. The van der Waals surface area contributed by atoms with Crippen molar-refractivity contribution in [2.45, 2.75) is 69.7 Å². The van der Waals surface area contributed by atoms with Gasteiger partial charge in [0, 0.05) is 31.1 Å². The fourth-order valence-corrected chi connectivity index (χ4v) is 4.83. The number of carbonyl (C=O) groups is 1. The molecule has 0 unspecified atom stereocenters. The molecular weight excluding hydrogens is 362 g/mol. The van der Waals surface area contributed by atoms with Crippen LogP contribution < -0.4 is 5.32 Å². The molecule has 2 aliphatic rings. The van der Waals surface area contributed by atoms with Gasteiger partial charge in [-0.25, -0.2) is 0 Å². The molecule has 1 aromatic heterocycles. The summed E-state index contributed by atoms with van der Waals surface area (Å²) in [5.41, 5.74) is 2.31. The molecule has 0 bridgehead atoms. The van der Waals surface area contributed by atoms with Gasteiger partial charge in [0.1, 0.15) is 0 Å². The molecule has 156 valence electrons. The summed E-state index contributed by atoms with van der Waals surface area (Å²) in [5, 5.41) is 7.38. The Kier molecular flexibility index (Phi) is 6.65. The lowest BCUT2D eigenvalue weighted by molar-refractivity contribution is 0.0890. The molecule has 4 rings (SSSR count). The third-order valence-electron chi connectivity index (χ3n) is 6.52. The standard InChI is InChI=1S/C24H33N3O2/c1-18(19-9-4-2-5-10-19)16-27-14-8-11-20(17-27)22-15-23(29-26-22)24(28)25-21-12-6-3-7-13-21/h2,4-5,9-10,15,18,20-21H,3,6-8,11-14,16-17H2,1H3,(H,25,28)/t18-,20-/m0/s1. The van der Waals surface area contributed by atoms with Gasteiger partial charge < -0.3 is 14.7 Å². The molecule has 1 aliphatic carbocycles. The normalized spacial score (nSPS) is 22.3. The Labute approximate surface area is 173 Å². The summed E-state index contributed by atoms with van der Waals surface area (Å²) in [7, 11) is 0. The van der Waals surface area contributed by atoms with Crippen LogP contribution in [0, 0.1) is 0 Å². The zero-order chi connectivity index (χ0) is 20.1. The monoisotopic (exact) mass is 395 g/mol. The zero-order valence-electron chi connectivity index (χ0n) is 17.5. The maximum Gasteiger partial charge on any atom is 0.290 e. The first-order valence-corrected chi connectivity index (χ1v) is 11.2. The van der Waals surface area contributed by atoms with Gasteiger partial charge in [-0.05, 0) is 43.7 Å². The zero-order valence-corrected chi connectivity index (χ0v) is 17.5. The van der Waals surface area contributed by atoms with E-state index in [2.05, 4.69) is 52.6 Å². The highest BCUT2D eigenvalue weighted by Crippen LogP contribution is 2.28. The van der Waals surface area contributed by atoms with E-state index in [9.17, 15) is 4.79 Å².